The van der Waals surface area contributed by atoms with Crippen LogP contribution < -0.4 is 5.32 Å². The lowest BCUT2D eigenvalue weighted by Crippen LogP contribution is -2.29. The van der Waals surface area contributed by atoms with E-state index in [9.17, 15) is 9.50 Å². The van der Waals surface area contributed by atoms with Crippen molar-refractivity contribution in [3.8, 4) is 5.75 Å². The SMILES string of the molecule is Oc1ccccc1C1Nc2ccc(F)cc2C2C=CCC21. The molecule has 2 aromatic rings. The molecule has 1 aliphatic carbocycles. The van der Waals surface area contributed by atoms with Crippen molar-refractivity contribution in [1.29, 1.82) is 0 Å². The van der Waals surface area contributed by atoms with Crippen LogP contribution >= 0.6 is 0 Å². The summed E-state index contributed by atoms with van der Waals surface area (Å²) in [5.41, 5.74) is 2.88. The average Bonchev–Trinajstić information content (AvgIpc) is 2.97. The zero-order valence-electron chi connectivity index (χ0n) is 11.5. The molecule has 4 rings (SSSR count). The van der Waals surface area contributed by atoms with Crippen molar-refractivity contribution in [1.82, 2.24) is 0 Å². The zero-order chi connectivity index (χ0) is 14.4. The summed E-state index contributed by atoms with van der Waals surface area (Å²) in [5, 5.41) is 13.6. The number of para-hydroxylation sites is 1. The Kier molecular flexibility index (Phi) is 2.74. The minimum Gasteiger partial charge on any atom is -0.508 e. The first-order valence-electron chi connectivity index (χ1n) is 7.24. The van der Waals surface area contributed by atoms with E-state index in [2.05, 4.69) is 17.5 Å². The Bertz CT molecular complexity index is 725. The Balaban J connectivity index is 1.82. The van der Waals surface area contributed by atoms with Crippen molar-refractivity contribution >= 4 is 5.69 Å². The van der Waals surface area contributed by atoms with Gasteiger partial charge in [0.2, 0.25) is 0 Å². The quantitative estimate of drug-likeness (QED) is 0.761. The van der Waals surface area contributed by atoms with Crippen LogP contribution in [0.2, 0.25) is 0 Å². The van der Waals surface area contributed by atoms with E-state index in [0.717, 1.165) is 23.2 Å². The second-order valence-electron chi connectivity index (χ2n) is 5.77. The van der Waals surface area contributed by atoms with E-state index in [1.165, 1.54) is 6.07 Å². The van der Waals surface area contributed by atoms with Crippen LogP contribution in [0, 0.1) is 11.7 Å². The molecule has 1 aliphatic heterocycles. The minimum absolute atomic E-state index is 0.0455. The maximum absolute atomic E-state index is 13.5. The average molecular weight is 281 g/mol. The minimum atomic E-state index is -0.199. The summed E-state index contributed by atoms with van der Waals surface area (Å²) >= 11 is 0. The molecule has 0 saturated carbocycles. The topological polar surface area (TPSA) is 32.3 Å². The lowest BCUT2D eigenvalue weighted by molar-refractivity contribution is 0.401. The number of fused-ring (bicyclic) bond motifs is 3. The van der Waals surface area contributed by atoms with Crippen molar-refractivity contribution in [3.63, 3.8) is 0 Å². The molecule has 2 aliphatic rings. The molecule has 3 atom stereocenters. The van der Waals surface area contributed by atoms with Crippen LogP contribution in [0.5, 0.6) is 5.75 Å². The van der Waals surface area contributed by atoms with E-state index in [0.29, 0.717) is 11.7 Å². The molecule has 0 spiro atoms. The fourth-order valence-electron chi connectivity index (χ4n) is 3.62. The first-order valence-corrected chi connectivity index (χ1v) is 7.24. The standard InChI is InChI=1S/C18H16FNO/c19-11-8-9-16-15(10-11)12-5-3-6-13(12)18(20-16)14-4-1-2-7-17(14)21/h1-5,7-10,12-13,18,20-21H,6H2. The van der Waals surface area contributed by atoms with Gasteiger partial charge in [-0.15, -0.1) is 0 Å². The van der Waals surface area contributed by atoms with Crippen LogP contribution in [-0.4, -0.2) is 5.11 Å². The number of phenols is 1. The summed E-state index contributed by atoms with van der Waals surface area (Å²) in [5.74, 6) is 0.635. The van der Waals surface area contributed by atoms with Gasteiger partial charge in [0.1, 0.15) is 11.6 Å². The van der Waals surface area contributed by atoms with E-state index >= 15 is 0 Å². The number of anilines is 1. The highest BCUT2D eigenvalue weighted by Crippen LogP contribution is 2.50. The molecule has 0 saturated heterocycles. The van der Waals surface area contributed by atoms with Gasteiger partial charge >= 0.3 is 0 Å². The molecule has 0 aromatic heterocycles. The second kappa shape index (κ2) is 4.62. The molecule has 0 fully saturated rings. The van der Waals surface area contributed by atoms with Gasteiger partial charge in [-0.3, -0.25) is 0 Å². The van der Waals surface area contributed by atoms with Crippen LogP contribution in [0.3, 0.4) is 0 Å². The molecule has 2 nitrogen and oxygen atoms in total. The van der Waals surface area contributed by atoms with Gasteiger partial charge in [-0.2, -0.15) is 0 Å². The van der Waals surface area contributed by atoms with Crippen LogP contribution in [0.1, 0.15) is 29.5 Å². The predicted molar refractivity (Wildman–Crippen MR) is 80.9 cm³/mol. The highest BCUT2D eigenvalue weighted by molar-refractivity contribution is 5.60. The van der Waals surface area contributed by atoms with Crippen LogP contribution in [0.25, 0.3) is 0 Å². The summed E-state index contributed by atoms with van der Waals surface area (Å²) < 4.78 is 13.5. The number of hydrogen-bond donors (Lipinski definition) is 2. The maximum Gasteiger partial charge on any atom is 0.123 e. The Morgan fingerprint density at radius 1 is 1.10 bits per heavy atom. The molecule has 106 valence electrons. The lowest BCUT2D eigenvalue weighted by atomic mass is 9.77. The largest absolute Gasteiger partial charge is 0.508 e. The van der Waals surface area contributed by atoms with Gasteiger partial charge in [-0.05, 0) is 42.2 Å². The zero-order valence-corrected chi connectivity index (χ0v) is 11.5. The van der Waals surface area contributed by atoms with Gasteiger partial charge in [-0.1, -0.05) is 30.4 Å². The van der Waals surface area contributed by atoms with Crippen LogP contribution in [0.4, 0.5) is 10.1 Å². The monoisotopic (exact) mass is 281 g/mol. The van der Waals surface area contributed by atoms with Crippen molar-refractivity contribution < 1.29 is 9.50 Å². The molecule has 3 unspecified atom stereocenters. The van der Waals surface area contributed by atoms with Crippen molar-refractivity contribution in [3.05, 3.63) is 71.6 Å². The molecule has 0 amide bonds. The Labute approximate surface area is 122 Å². The van der Waals surface area contributed by atoms with Crippen molar-refractivity contribution in [2.24, 2.45) is 5.92 Å². The molecular weight excluding hydrogens is 265 g/mol. The third-order valence-corrected chi connectivity index (χ3v) is 4.60. The number of hydrogen-bond acceptors (Lipinski definition) is 2. The Hall–Kier alpha value is -2.29. The van der Waals surface area contributed by atoms with Crippen molar-refractivity contribution in [2.45, 2.75) is 18.4 Å². The highest BCUT2D eigenvalue weighted by atomic mass is 19.1. The number of phenolic OH excluding ortho intramolecular Hbond substituents is 1. The van der Waals surface area contributed by atoms with Gasteiger partial charge < -0.3 is 10.4 Å². The van der Waals surface area contributed by atoms with E-state index in [1.807, 2.05) is 18.2 Å². The summed E-state index contributed by atoms with van der Waals surface area (Å²) in [6.07, 6.45) is 5.26. The first kappa shape index (κ1) is 12.5. The van der Waals surface area contributed by atoms with Gasteiger partial charge in [0.25, 0.3) is 0 Å². The van der Waals surface area contributed by atoms with E-state index < -0.39 is 0 Å². The second-order valence-corrected chi connectivity index (χ2v) is 5.77. The molecule has 1 heterocycles. The Morgan fingerprint density at radius 3 is 2.81 bits per heavy atom. The number of rotatable bonds is 1. The normalized spacial score (nSPS) is 26.0. The molecule has 2 aromatic carbocycles. The van der Waals surface area contributed by atoms with Gasteiger partial charge in [0, 0.05) is 17.2 Å². The predicted octanol–water partition coefficient (Wildman–Crippen LogP) is 4.36. The number of nitrogens with one attached hydrogen (secondary N) is 1. The van der Waals surface area contributed by atoms with E-state index in [1.54, 1.807) is 18.2 Å². The van der Waals surface area contributed by atoms with Gasteiger partial charge in [0.15, 0.2) is 0 Å². The fourth-order valence-corrected chi connectivity index (χ4v) is 3.62. The number of halogens is 1. The Morgan fingerprint density at radius 2 is 1.95 bits per heavy atom. The molecule has 2 N–H and O–H groups in total. The third-order valence-electron chi connectivity index (χ3n) is 4.60. The molecule has 21 heavy (non-hydrogen) atoms. The summed E-state index contributed by atoms with van der Waals surface area (Å²) in [6, 6.07) is 12.4. The first-order chi connectivity index (χ1) is 10.2. The molecule has 0 radical (unpaired) electrons. The summed E-state index contributed by atoms with van der Waals surface area (Å²) in [7, 11) is 0. The number of allylic oxidation sites excluding steroid dienone is 2. The molecule has 0 bridgehead atoms. The molecule has 3 heteroatoms. The maximum atomic E-state index is 13.5. The molecular formula is C18H16FNO. The van der Waals surface area contributed by atoms with Gasteiger partial charge in [0.05, 0.1) is 6.04 Å². The fraction of sp³-hybridized carbons (Fsp3) is 0.222. The van der Waals surface area contributed by atoms with Gasteiger partial charge in [-0.25, -0.2) is 4.39 Å². The smallest absolute Gasteiger partial charge is 0.123 e. The third kappa shape index (κ3) is 1.92. The highest BCUT2D eigenvalue weighted by Gasteiger charge is 2.38. The number of aromatic hydroxyl groups is 1. The van der Waals surface area contributed by atoms with Crippen LogP contribution in [-0.2, 0) is 0 Å². The summed E-state index contributed by atoms with van der Waals surface area (Å²) in [4.78, 5) is 0. The number of benzene rings is 2. The summed E-state index contributed by atoms with van der Waals surface area (Å²) in [6.45, 7) is 0. The van der Waals surface area contributed by atoms with Crippen LogP contribution in [0.15, 0.2) is 54.6 Å². The lowest BCUT2D eigenvalue weighted by Gasteiger charge is -2.37. The van der Waals surface area contributed by atoms with E-state index in [-0.39, 0.29) is 17.8 Å². The van der Waals surface area contributed by atoms with E-state index in [4.69, 9.17) is 0 Å². The van der Waals surface area contributed by atoms with Crippen molar-refractivity contribution in [2.75, 3.05) is 5.32 Å².